The first kappa shape index (κ1) is 12.4. The first-order valence-electron chi connectivity index (χ1n) is 6.20. The van der Waals surface area contributed by atoms with Gasteiger partial charge in [0, 0.05) is 38.3 Å². The molecule has 0 unspecified atom stereocenters. The average molecular weight is 235 g/mol. The van der Waals surface area contributed by atoms with E-state index in [0.29, 0.717) is 32.6 Å². The molecule has 0 amide bonds. The zero-order valence-corrected chi connectivity index (χ0v) is 10.6. The molecule has 0 spiro atoms. The third-order valence-electron chi connectivity index (χ3n) is 3.27. The number of rotatable bonds is 3. The van der Waals surface area contributed by atoms with Crippen LogP contribution < -0.4 is 5.32 Å². The van der Waals surface area contributed by atoms with Gasteiger partial charge in [0.05, 0.1) is 5.60 Å². The predicted octanol–water partition coefficient (Wildman–Crippen LogP) is 2.26. The van der Waals surface area contributed by atoms with E-state index in [4.69, 9.17) is 4.74 Å². The van der Waals surface area contributed by atoms with Crippen molar-refractivity contribution in [1.82, 2.24) is 0 Å². The van der Waals surface area contributed by atoms with Gasteiger partial charge in [0.15, 0.2) is 0 Å². The Balaban J connectivity index is 1.96. The Morgan fingerprint density at radius 2 is 1.76 bits per heavy atom. The van der Waals surface area contributed by atoms with Gasteiger partial charge in [0.1, 0.15) is 0 Å². The van der Waals surface area contributed by atoms with E-state index >= 15 is 0 Å². The molecular formula is C14H21NO2. The predicted molar refractivity (Wildman–Crippen MR) is 69.4 cm³/mol. The summed E-state index contributed by atoms with van der Waals surface area (Å²) in [5, 5.41) is 13.7. The highest BCUT2D eigenvalue weighted by Crippen LogP contribution is 2.22. The molecule has 1 fully saturated rings. The third-order valence-corrected chi connectivity index (χ3v) is 3.27. The van der Waals surface area contributed by atoms with Crippen LogP contribution >= 0.6 is 0 Å². The van der Waals surface area contributed by atoms with Crippen molar-refractivity contribution in [2.75, 3.05) is 25.1 Å². The van der Waals surface area contributed by atoms with Crippen LogP contribution in [0.2, 0.25) is 0 Å². The van der Waals surface area contributed by atoms with Crippen LogP contribution in [0.5, 0.6) is 0 Å². The van der Waals surface area contributed by atoms with Gasteiger partial charge >= 0.3 is 0 Å². The molecule has 0 bridgehead atoms. The Morgan fingerprint density at radius 1 is 1.18 bits per heavy atom. The van der Waals surface area contributed by atoms with E-state index in [1.807, 2.05) is 0 Å². The van der Waals surface area contributed by atoms with Crippen LogP contribution in [0.15, 0.2) is 18.2 Å². The number of hydrogen-bond donors (Lipinski definition) is 2. The summed E-state index contributed by atoms with van der Waals surface area (Å²) >= 11 is 0. The second-order valence-electron chi connectivity index (χ2n) is 5.07. The maximum atomic E-state index is 10.3. The lowest BCUT2D eigenvalue weighted by atomic mass is 9.94. The molecule has 2 N–H and O–H groups in total. The summed E-state index contributed by atoms with van der Waals surface area (Å²) in [6.45, 7) is 6.08. The molecule has 3 nitrogen and oxygen atoms in total. The molecule has 1 aliphatic rings. The summed E-state index contributed by atoms with van der Waals surface area (Å²) in [7, 11) is 0. The third kappa shape index (κ3) is 3.45. The van der Waals surface area contributed by atoms with Gasteiger partial charge in [-0.05, 0) is 37.1 Å². The van der Waals surface area contributed by atoms with Gasteiger partial charge in [0.25, 0.3) is 0 Å². The van der Waals surface area contributed by atoms with Crippen LogP contribution in [-0.4, -0.2) is 30.5 Å². The molecule has 0 saturated carbocycles. The quantitative estimate of drug-likeness (QED) is 0.844. The van der Waals surface area contributed by atoms with E-state index in [2.05, 4.69) is 37.4 Å². The summed E-state index contributed by atoms with van der Waals surface area (Å²) < 4.78 is 5.27. The van der Waals surface area contributed by atoms with Gasteiger partial charge in [-0.2, -0.15) is 0 Å². The van der Waals surface area contributed by atoms with Crippen molar-refractivity contribution in [3.63, 3.8) is 0 Å². The van der Waals surface area contributed by atoms with E-state index in [1.54, 1.807) is 0 Å². The van der Waals surface area contributed by atoms with Crippen LogP contribution in [-0.2, 0) is 4.74 Å². The minimum Gasteiger partial charge on any atom is -0.388 e. The van der Waals surface area contributed by atoms with E-state index in [9.17, 15) is 5.11 Å². The molecule has 0 radical (unpaired) electrons. The van der Waals surface area contributed by atoms with Gasteiger partial charge in [-0.1, -0.05) is 6.07 Å². The van der Waals surface area contributed by atoms with Crippen LogP contribution in [0.1, 0.15) is 24.0 Å². The molecule has 17 heavy (non-hydrogen) atoms. The van der Waals surface area contributed by atoms with E-state index < -0.39 is 5.60 Å². The van der Waals surface area contributed by atoms with E-state index in [-0.39, 0.29) is 0 Å². The molecule has 1 aliphatic heterocycles. The van der Waals surface area contributed by atoms with Crippen LogP contribution in [0, 0.1) is 13.8 Å². The van der Waals surface area contributed by atoms with Crippen molar-refractivity contribution in [1.29, 1.82) is 0 Å². The Bertz CT molecular complexity index is 364. The Labute approximate surface area is 103 Å². The van der Waals surface area contributed by atoms with E-state index in [1.165, 1.54) is 11.1 Å². The molecule has 1 saturated heterocycles. The van der Waals surface area contributed by atoms with Crippen molar-refractivity contribution >= 4 is 5.69 Å². The SMILES string of the molecule is Cc1cc(C)cc(NCC2(O)CCOCC2)c1. The molecule has 2 rings (SSSR count). The summed E-state index contributed by atoms with van der Waals surface area (Å²) in [5.74, 6) is 0. The van der Waals surface area contributed by atoms with Crippen molar-refractivity contribution in [3.05, 3.63) is 29.3 Å². The standard InChI is InChI=1S/C14H21NO2/c1-11-7-12(2)9-13(8-11)15-10-14(16)3-5-17-6-4-14/h7-9,15-16H,3-6,10H2,1-2H3. The summed E-state index contributed by atoms with van der Waals surface area (Å²) in [4.78, 5) is 0. The number of hydrogen-bond acceptors (Lipinski definition) is 3. The fraction of sp³-hybridized carbons (Fsp3) is 0.571. The summed E-state index contributed by atoms with van der Waals surface area (Å²) in [6, 6.07) is 6.36. The van der Waals surface area contributed by atoms with Crippen LogP contribution in [0.4, 0.5) is 5.69 Å². The highest BCUT2D eigenvalue weighted by Gasteiger charge is 2.29. The second-order valence-corrected chi connectivity index (χ2v) is 5.07. The van der Waals surface area contributed by atoms with Gasteiger partial charge in [-0.3, -0.25) is 0 Å². The molecule has 3 heteroatoms. The molecular weight excluding hydrogens is 214 g/mol. The Morgan fingerprint density at radius 3 is 2.35 bits per heavy atom. The first-order chi connectivity index (χ1) is 8.07. The Kier molecular flexibility index (Phi) is 3.69. The second kappa shape index (κ2) is 5.07. The molecule has 94 valence electrons. The number of benzene rings is 1. The van der Waals surface area contributed by atoms with Crippen LogP contribution in [0.3, 0.4) is 0 Å². The molecule has 0 aliphatic carbocycles. The van der Waals surface area contributed by atoms with Crippen molar-refractivity contribution in [2.24, 2.45) is 0 Å². The summed E-state index contributed by atoms with van der Waals surface area (Å²) in [6.07, 6.45) is 1.43. The van der Waals surface area contributed by atoms with Gasteiger partial charge < -0.3 is 15.2 Å². The zero-order valence-electron chi connectivity index (χ0n) is 10.6. The molecule has 1 aromatic carbocycles. The van der Waals surface area contributed by atoms with Gasteiger partial charge in [-0.25, -0.2) is 0 Å². The molecule has 1 aromatic rings. The number of anilines is 1. The average Bonchev–Trinajstić information content (AvgIpc) is 2.26. The first-order valence-corrected chi connectivity index (χ1v) is 6.20. The highest BCUT2D eigenvalue weighted by atomic mass is 16.5. The molecule has 0 aromatic heterocycles. The maximum Gasteiger partial charge on any atom is 0.0863 e. The fourth-order valence-electron chi connectivity index (χ4n) is 2.27. The molecule has 0 atom stereocenters. The number of nitrogens with one attached hydrogen (secondary N) is 1. The van der Waals surface area contributed by atoms with Crippen molar-refractivity contribution < 1.29 is 9.84 Å². The van der Waals surface area contributed by atoms with Crippen LogP contribution in [0.25, 0.3) is 0 Å². The zero-order chi connectivity index (χ0) is 12.3. The molecule has 1 heterocycles. The van der Waals surface area contributed by atoms with Crippen molar-refractivity contribution in [2.45, 2.75) is 32.3 Å². The Hall–Kier alpha value is -1.06. The van der Waals surface area contributed by atoms with E-state index in [0.717, 1.165) is 5.69 Å². The lowest BCUT2D eigenvalue weighted by molar-refractivity contribution is -0.0543. The lowest BCUT2D eigenvalue weighted by Gasteiger charge is -2.32. The highest BCUT2D eigenvalue weighted by molar-refractivity contribution is 5.48. The minimum atomic E-state index is -0.615. The topological polar surface area (TPSA) is 41.5 Å². The largest absolute Gasteiger partial charge is 0.388 e. The number of aliphatic hydroxyl groups is 1. The fourth-order valence-corrected chi connectivity index (χ4v) is 2.27. The van der Waals surface area contributed by atoms with Crippen molar-refractivity contribution in [3.8, 4) is 0 Å². The van der Waals surface area contributed by atoms with Gasteiger partial charge in [0.2, 0.25) is 0 Å². The monoisotopic (exact) mass is 235 g/mol. The summed E-state index contributed by atoms with van der Waals surface area (Å²) in [5.41, 5.74) is 2.95. The lowest BCUT2D eigenvalue weighted by Crippen LogP contribution is -2.42. The number of ether oxygens (including phenoxy) is 1. The number of aryl methyl sites for hydroxylation is 2. The minimum absolute atomic E-state index is 0.596. The normalized spacial score (nSPS) is 19.0. The maximum absolute atomic E-state index is 10.3. The smallest absolute Gasteiger partial charge is 0.0863 e. The van der Waals surface area contributed by atoms with Gasteiger partial charge in [-0.15, -0.1) is 0 Å².